The quantitative estimate of drug-likeness (QED) is 0.898. The van der Waals surface area contributed by atoms with E-state index in [1.165, 1.54) is 0 Å². The van der Waals surface area contributed by atoms with E-state index in [4.69, 9.17) is 9.84 Å². The highest BCUT2D eigenvalue weighted by Gasteiger charge is 2.27. The highest BCUT2D eigenvalue weighted by Crippen LogP contribution is 2.23. The molecule has 1 N–H and O–H groups in total. The van der Waals surface area contributed by atoms with Crippen LogP contribution in [0.1, 0.15) is 24.2 Å². The van der Waals surface area contributed by atoms with Crippen LogP contribution in [0.3, 0.4) is 0 Å². The second kappa shape index (κ2) is 5.59. The molecule has 0 spiro atoms. The predicted octanol–water partition coefficient (Wildman–Crippen LogP) is 2.42. The van der Waals surface area contributed by atoms with Crippen LogP contribution in [0.5, 0.6) is 0 Å². The van der Waals surface area contributed by atoms with Gasteiger partial charge in [0.1, 0.15) is 0 Å². The molecule has 4 nitrogen and oxygen atoms in total. The van der Waals surface area contributed by atoms with Crippen molar-refractivity contribution in [3.8, 4) is 0 Å². The predicted molar refractivity (Wildman–Crippen MR) is 72.9 cm³/mol. The van der Waals surface area contributed by atoms with Gasteiger partial charge in [-0.05, 0) is 38.1 Å². The first-order chi connectivity index (χ1) is 7.98. The summed E-state index contributed by atoms with van der Waals surface area (Å²) in [4.78, 5) is 13.0. The van der Waals surface area contributed by atoms with Gasteiger partial charge in [0.15, 0.2) is 0 Å². The lowest BCUT2D eigenvalue weighted by Crippen LogP contribution is -2.48. The number of benzene rings is 1. The summed E-state index contributed by atoms with van der Waals surface area (Å²) < 4.78 is 5.64. The zero-order chi connectivity index (χ0) is 12.5. The molecule has 18 heavy (non-hydrogen) atoms. The minimum atomic E-state index is -0.890. The molecule has 0 amide bonds. The molecule has 2 rings (SSSR count). The fourth-order valence-electron chi connectivity index (χ4n) is 2.05. The number of nitrogens with zero attached hydrogens (tertiary/aromatic N) is 1. The van der Waals surface area contributed by atoms with Crippen LogP contribution in [-0.4, -0.2) is 36.4 Å². The fourth-order valence-corrected chi connectivity index (χ4v) is 2.05. The van der Waals surface area contributed by atoms with Gasteiger partial charge in [0.05, 0.1) is 17.8 Å². The Morgan fingerprint density at radius 2 is 1.94 bits per heavy atom. The van der Waals surface area contributed by atoms with Crippen molar-refractivity contribution in [2.75, 3.05) is 24.6 Å². The monoisotopic (exact) mass is 271 g/mol. The molecule has 1 aromatic rings. The normalized spacial score (nSPS) is 18.0. The standard InChI is InChI=1S/C13H17NO3.ClH/c1-13(2)9-14(7-8-17-13)11-5-3-10(4-6-11)12(15)16;/h3-6H,7-9H2,1-2H3,(H,15,16);1H. The molecule has 1 saturated heterocycles. The zero-order valence-corrected chi connectivity index (χ0v) is 11.4. The van der Waals surface area contributed by atoms with Gasteiger partial charge in [-0.15, -0.1) is 12.4 Å². The van der Waals surface area contributed by atoms with E-state index in [0.717, 1.165) is 18.8 Å². The van der Waals surface area contributed by atoms with Gasteiger partial charge < -0.3 is 14.7 Å². The van der Waals surface area contributed by atoms with E-state index in [9.17, 15) is 4.79 Å². The SMILES string of the molecule is CC1(C)CN(c2ccc(C(=O)O)cc2)CCO1.Cl. The second-order valence-corrected chi connectivity index (χ2v) is 4.88. The summed E-state index contributed by atoms with van der Waals surface area (Å²) in [6.45, 7) is 6.48. The zero-order valence-electron chi connectivity index (χ0n) is 10.5. The number of halogens is 1. The largest absolute Gasteiger partial charge is 0.478 e. The maximum atomic E-state index is 10.8. The Morgan fingerprint density at radius 1 is 1.33 bits per heavy atom. The summed E-state index contributed by atoms with van der Waals surface area (Å²) in [7, 11) is 0. The topological polar surface area (TPSA) is 49.8 Å². The molecule has 100 valence electrons. The molecule has 0 radical (unpaired) electrons. The van der Waals surface area contributed by atoms with Crippen molar-refractivity contribution in [1.82, 2.24) is 0 Å². The van der Waals surface area contributed by atoms with Crippen LogP contribution < -0.4 is 4.90 Å². The Balaban J connectivity index is 0.00000162. The van der Waals surface area contributed by atoms with Gasteiger partial charge in [-0.2, -0.15) is 0 Å². The molecule has 0 bridgehead atoms. The van der Waals surface area contributed by atoms with Crippen molar-refractivity contribution in [2.45, 2.75) is 19.4 Å². The lowest BCUT2D eigenvalue weighted by atomic mass is 10.1. The average Bonchev–Trinajstić information content (AvgIpc) is 2.28. The molecule has 0 aromatic heterocycles. The number of aromatic carboxylic acids is 1. The van der Waals surface area contributed by atoms with Crippen molar-refractivity contribution in [3.63, 3.8) is 0 Å². The van der Waals surface area contributed by atoms with Gasteiger partial charge in [-0.3, -0.25) is 0 Å². The van der Waals surface area contributed by atoms with E-state index >= 15 is 0 Å². The van der Waals surface area contributed by atoms with Crippen molar-refractivity contribution < 1.29 is 14.6 Å². The number of hydrogen-bond acceptors (Lipinski definition) is 3. The van der Waals surface area contributed by atoms with Crippen LogP contribution in [0.2, 0.25) is 0 Å². The van der Waals surface area contributed by atoms with Gasteiger partial charge in [-0.25, -0.2) is 4.79 Å². The third-order valence-corrected chi connectivity index (χ3v) is 2.91. The minimum Gasteiger partial charge on any atom is -0.478 e. The fraction of sp³-hybridized carbons (Fsp3) is 0.462. The lowest BCUT2D eigenvalue weighted by molar-refractivity contribution is -0.0276. The number of rotatable bonds is 2. The minimum absolute atomic E-state index is 0. The molecule has 0 unspecified atom stereocenters. The highest BCUT2D eigenvalue weighted by molar-refractivity contribution is 5.88. The van der Waals surface area contributed by atoms with E-state index in [-0.39, 0.29) is 18.0 Å². The summed E-state index contributed by atoms with van der Waals surface area (Å²) in [6.07, 6.45) is 0. The molecule has 0 aliphatic carbocycles. The summed E-state index contributed by atoms with van der Waals surface area (Å²) in [5, 5.41) is 8.84. The summed E-state index contributed by atoms with van der Waals surface area (Å²) in [6, 6.07) is 6.98. The first-order valence-electron chi connectivity index (χ1n) is 5.70. The van der Waals surface area contributed by atoms with Crippen LogP contribution in [-0.2, 0) is 4.74 Å². The first kappa shape index (κ1) is 14.8. The number of hydrogen-bond donors (Lipinski definition) is 1. The Labute approximate surface area is 113 Å². The summed E-state index contributed by atoms with van der Waals surface area (Å²) >= 11 is 0. The third kappa shape index (κ3) is 3.37. The summed E-state index contributed by atoms with van der Waals surface area (Å²) in [5.41, 5.74) is 1.22. The van der Waals surface area contributed by atoms with Gasteiger partial charge in [0.2, 0.25) is 0 Å². The van der Waals surface area contributed by atoms with Crippen molar-refractivity contribution >= 4 is 24.1 Å². The van der Waals surface area contributed by atoms with Gasteiger partial charge in [0.25, 0.3) is 0 Å². The maximum absolute atomic E-state index is 10.8. The van der Waals surface area contributed by atoms with Crippen molar-refractivity contribution in [1.29, 1.82) is 0 Å². The molecule has 5 heteroatoms. The van der Waals surface area contributed by atoms with Crippen LogP contribution in [0, 0.1) is 0 Å². The van der Waals surface area contributed by atoms with Gasteiger partial charge in [0, 0.05) is 18.8 Å². The van der Waals surface area contributed by atoms with Crippen LogP contribution in [0.15, 0.2) is 24.3 Å². The molecule has 1 heterocycles. The van der Waals surface area contributed by atoms with E-state index in [1.807, 2.05) is 12.1 Å². The molecule has 1 aliphatic heterocycles. The smallest absolute Gasteiger partial charge is 0.335 e. The molecule has 1 aromatic carbocycles. The van der Waals surface area contributed by atoms with E-state index in [2.05, 4.69) is 18.7 Å². The molecule has 1 aliphatic rings. The third-order valence-electron chi connectivity index (χ3n) is 2.91. The van der Waals surface area contributed by atoms with Crippen molar-refractivity contribution in [3.05, 3.63) is 29.8 Å². The van der Waals surface area contributed by atoms with Crippen LogP contribution >= 0.6 is 12.4 Å². The first-order valence-corrected chi connectivity index (χ1v) is 5.70. The average molecular weight is 272 g/mol. The van der Waals surface area contributed by atoms with Crippen molar-refractivity contribution in [2.24, 2.45) is 0 Å². The van der Waals surface area contributed by atoms with Crippen LogP contribution in [0.25, 0.3) is 0 Å². The van der Waals surface area contributed by atoms with Gasteiger partial charge >= 0.3 is 5.97 Å². The number of ether oxygens (including phenoxy) is 1. The summed E-state index contributed by atoms with van der Waals surface area (Å²) in [5.74, 6) is -0.890. The number of anilines is 1. The van der Waals surface area contributed by atoms with Gasteiger partial charge in [-0.1, -0.05) is 0 Å². The Bertz CT molecular complexity index is 417. The Kier molecular flexibility index (Phi) is 4.59. The van der Waals surface area contributed by atoms with Crippen LogP contribution in [0.4, 0.5) is 5.69 Å². The highest BCUT2D eigenvalue weighted by atomic mass is 35.5. The second-order valence-electron chi connectivity index (χ2n) is 4.88. The number of carboxylic acids is 1. The molecule has 0 atom stereocenters. The van der Waals surface area contributed by atoms with E-state index in [1.54, 1.807) is 12.1 Å². The number of carbonyl (C=O) groups is 1. The Hall–Kier alpha value is -1.26. The van der Waals surface area contributed by atoms with E-state index in [0.29, 0.717) is 12.2 Å². The maximum Gasteiger partial charge on any atom is 0.335 e. The Morgan fingerprint density at radius 3 is 2.44 bits per heavy atom. The molecular formula is C13H18ClNO3. The molecular weight excluding hydrogens is 254 g/mol. The lowest BCUT2D eigenvalue weighted by Gasteiger charge is -2.39. The number of carboxylic acid groups (broad SMARTS) is 1. The van der Waals surface area contributed by atoms with E-state index < -0.39 is 5.97 Å². The molecule has 1 fully saturated rings. The molecule has 0 saturated carbocycles. The number of morpholine rings is 1.